The number of urea groups is 1. The maximum atomic E-state index is 13.5. The fourth-order valence-corrected chi connectivity index (χ4v) is 6.72. The van der Waals surface area contributed by atoms with Gasteiger partial charge in [0.15, 0.2) is 5.13 Å². The van der Waals surface area contributed by atoms with Crippen molar-refractivity contribution in [1.29, 1.82) is 0 Å². The number of nitrogens with one attached hydrogen (secondary N) is 2. The number of hydrogen-bond acceptors (Lipinski definition) is 5. The highest BCUT2D eigenvalue weighted by Gasteiger charge is 2.37. The van der Waals surface area contributed by atoms with Gasteiger partial charge in [-0.05, 0) is 87.0 Å². The highest BCUT2D eigenvalue weighted by atomic mass is 32.1. The Morgan fingerprint density at radius 1 is 0.913 bits per heavy atom. The smallest absolute Gasteiger partial charge is 0.351 e. The molecule has 0 bridgehead atoms. The molecule has 0 aliphatic carbocycles. The van der Waals surface area contributed by atoms with Gasteiger partial charge in [-0.25, -0.2) is 9.78 Å². The number of benzene rings is 2. The van der Waals surface area contributed by atoms with Crippen molar-refractivity contribution in [3.63, 3.8) is 0 Å². The number of rotatable bonds is 9. The van der Waals surface area contributed by atoms with Crippen molar-refractivity contribution < 1.29 is 35.9 Å². The van der Waals surface area contributed by atoms with Gasteiger partial charge in [0, 0.05) is 25.0 Å². The maximum Gasteiger partial charge on any atom is 0.416 e. The summed E-state index contributed by atoms with van der Waals surface area (Å²) in [4.78, 5) is 34.5. The van der Waals surface area contributed by atoms with E-state index >= 15 is 0 Å². The lowest BCUT2D eigenvalue weighted by molar-refractivity contribution is -0.143. The molecule has 0 spiro atoms. The van der Waals surface area contributed by atoms with E-state index in [4.69, 9.17) is 0 Å². The summed E-state index contributed by atoms with van der Waals surface area (Å²) < 4.78 is 80.2. The highest BCUT2D eigenvalue weighted by Crippen LogP contribution is 2.36. The summed E-state index contributed by atoms with van der Waals surface area (Å²) in [5.74, 6) is -0.979. The van der Waals surface area contributed by atoms with Gasteiger partial charge in [-0.1, -0.05) is 30.3 Å². The Labute approximate surface area is 267 Å². The van der Waals surface area contributed by atoms with Gasteiger partial charge in [0.05, 0.1) is 22.7 Å². The maximum absolute atomic E-state index is 13.5. The fraction of sp³-hybridized carbons (Fsp3) is 0.469. The summed E-state index contributed by atoms with van der Waals surface area (Å²) >= 11 is 1.15. The third kappa shape index (κ3) is 8.78. The largest absolute Gasteiger partial charge is 0.416 e. The Morgan fingerprint density at radius 2 is 1.54 bits per heavy atom. The van der Waals surface area contributed by atoms with Gasteiger partial charge >= 0.3 is 18.4 Å². The van der Waals surface area contributed by atoms with Gasteiger partial charge < -0.3 is 15.1 Å². The van der Waals surface area contributed by atoms with Gasteiger partial charge in [0.1, 0.15) is 0 Å². The van der Waals surface area contributed by atoms with Crippen LogP contribution in [0.25, 0.3) is 0 Å². The number of anilines is 1. The Balaban J connectivity index is 1.28. The summed E-state index contributed by atoms with van der Waals surface area (Å²) in [6.07, 6.45) is -5.94. The van der Waals surface area contributed by atoms with E-state index in [1.54, 1.807) is 10.3 Å². The summed E-state index contributed by atoms with van der Waals surface area (Å²) in [7, 11) is 0. The van der Waals surface area contributed by atoms with Crippen molar-refractivity contribution in [3.05, 3.63) is 81.9 Å². The first kappa shape index (κ1) is 33.7. The normalized spacial score (nSPS) is 17.2. The molecule has 2 aliphatic heterocycles. The van der Waals surface area contributed by atoms with Crippen molar-refractivity contribution in [2.24, 2.45) is 0 Å². The van der Waals surface area contributed by atoms with Crippen molar-refractivity contribution in [2.45, 2.75) is 62.8 Å². The number of halogens is 6. The van der Waals surface area contributed by atoms with Crippen LogP contribution in [0.1, 0.15) is 71.9 Å². The number of aromatic nitrogens is 1. The monoisotopic (exact) mass is 667 g/mol. The van der Waals surface area contributed by atoms with E-state index in [0.29, 0.717) is 54.9 Å². The minimum Gasteiger partial charge on any atom is -0.351 e. The van der Waals surface area contributed by atoms with Crippen LogP contribution >= 0.6 is 11.3 Å². The minimum atomic E-state index is -4.99. The number of nitrogens with zero attached hydrogens (tertiary/aromatic N) is 3. The lowest BCUT2D eigenvalue weighted by atomic mass is 9.89. The van der Waals surface area contributed by atoms with E-state index in [9.17, 15) is 35.9 Å². The Hall–Kier alpha value is -3.65. The van der Waals surface area contributed by atoms with Gasteiger partial charge in [-0.3, -0.25) is 10.1 Å². The third-order valence-corrected chi connectivity index (χ3v) is 9.29. The van der Waals surface area contributed by atoms with E-state index in [1.165, 1.54) is 5.56 Å². The molecule has 2 aromatic carbocycles. The molecular formula is C32H35F6N5O2S. The zero-order chi connectivity index (χ0) is 32.9. The van der Waals surface area contributed by atoms with Crippen molar-refractivity contribution in [1.82, 2.24) is 20.1 Å². The molecule has 2 N–H and O–H groups in total. The summed E-state index contributed by atoms with van der Waals surface area (Å²) in [5.41, 5.74) is -1.55. The number of likely N-dealkylation sites (tertiary alicyclic amines) is 2. The molecule has 2 aliphatic rings. The van der Waals surface area contributed by atoms with E-state index in [2.05, 4.69) is 32.7 Å². The van der Waals surface area contributed by atoms with Crippen LogP contribution in [0.5, 0.6) is 0 Å². The topological polar surface area (TPSA) is 77.6 Å². The molecule has 46 heavy (non-hydrogen) atoms. The third-order valence-electron chi connectivity index (χ3n) is 8.51. The summed E-state index contributed by atoms with van der Waals surface area (Å²) in [6.45, 7) is 2.91. The number of carbonyl (C=O) groups excluding carboxylic acids is 2. The number of piperidine rings is 1. The van der Waals surface area contributed by atoms with E-state index in [-0.39, 0.29) is 17.7 Å². The molecule has 1 aromatic heterocycles. The minimum absolute atomic E-state index is 0.0579. The quantitative estimate of drug-likeness (QED) is 0.232. The highest BCUT2D eigenvalue weighted by molar-refractivity contribution is 7.14. The van der Waals surface area contributed by atoms with Crippen LogP contribution in [-0.4, -0.2) is 59.4 Å². The predicted molar refractivity (Wildman–Crippen MR) is 162 cm³/mol. The lowest BCUT2D eigenvalue weighted by Crippen LogP contribution is -2.36. The Morgan fingerprint density at radius 3 is 2.15 bits per heavy atom. The molecule has 2 saturated heterocycles. The van der Waals surface area contributed by atoms with E-state index < -0.39 is 41.8 Å². The van der Waals surface area contributed by atoms with Crippen LogP contribution in [0.15, 0.2) is 53.9 Å². The standard InChI is InChI=1S/C32H35F6N5O2S/c33-31(34,35)24-16-21(17-25(18-24)32(36,37)38)19-39-28(44)26(27-20-46-29(40-27)41-30(45)43-11-4-5-12-43)10-15-42-13-8-23(9-14-42)22-6-2-1-3-7-22/h1-3,6-7,16-18,20,23,26H,4-5,8-15,19H2,(H,39,44)(H,40,41,45). The van der Waals surface area contributed by atoms with Crippen LogP contribution in [0.4, 0.5) is 36.3 Å². The van der Waals surface area contributed by atoms with Crippen LogP contribution in [0, 0.1) is 0 Å². The van der Waals surface area contributed by atoms with Crippen LogP contribution < -0.4 is 10.6 Å². The Kier molecular flexibility index (Phi) is 10.6. The fourth-order valence-electron chi connectivity index (χ4n) is 5.97. The SMILES string of the molecule is O=C(NCc1cc(C(F)(F)F)cc(C(F)(F)F)c1)C(CCN1CCC(c2ccccc2)CC1)c1csc(NC(=O)N2CCCC2)n1. The summed E-state index contributed by atoms with van der Waals surface area (Å²) in [5, 5.41) is 7.26. The molecule has 1 unspecified atom stereocenters. The molecule has 14 heteroatoms. The van der Waals surface area contributed by atoms with E-state index in [0.717, 1.165) is 50.1 Å². The van der Waals surface area contributed by atoms with Gasteiger partial charge in [-0.2, -0.15) is 26.3 Å². The number of amides is 3. The van der Waals surface area contributed by atoms with Gasteiger partial charge in [-0.15, -0.1) is 11.3 Å². The number of alkyl halides is 6. The zero-order valence-electron chi connectivity index (χ0n) is 25.0. The molecule has 3 amide bonds. The van der Waals surface area contributed by atoms with Crippen molar-refractivity contribution in [2.75, 3.05) is 38.0 Å². The molecule has 5 rings (SSSR count). The molecule has 0 radical (unpaired) electrons. The first-order valence-corrected chi connectivity index (χ1v) is 16.1. The lowest BCUT2D eigenvalue weighted by Gasteiger charge is -2.32. The second kappa shape index (κ2) is 14.4. The molecule has 3 aromatic rings. The zero-order valence-corrected chi connectivity index (χ0v) is 25.8. The second-order valence-corrected chi connectivity index (χ2v) is 12.6. The number of thiazole rings is 1. The summed E-state index contributed by atoms with van der Waals surface area (Å²) in [6, 6.07) is 11.2. The first-order valence-electron chi connectivity index (χ1n) is 15.2. The van der Waals surface area contributed by atoms with Crippen LogP contribution in [0.3, 0.4) is 0 Å². The molecule has 3 heterocycles. The number of carbonyl (C=O) groups is 2. The van der Waals surface area contributed by atoms with Crippen molar-refractivity contribution >= 4 is 28.4 Å². The van der Waals surface area contributed by atoms with Crippen LogP contribution in [0.2, 0.25) is 0 Å². The Bertz CT molecular complexity index is 1450. The molecule has 2 fully saturated rings. The molecule has 1 atom stereocenters. The molecule has 248 valence electrons. The average Bonchev–Trinajstić information content (AvgIpc) is 3.73. The van der Waals surface area contributed by atoms with Crippen molar-refractivity contribution in [3.8, 4) is 0 Å². The second-order valence-electron chi connectivity index (χ2n) is 11.7. The van der Waals surface area contributed by atoms with Gasteiger partial charge in [0.25, 0.3) is 0 Å². The molecular weight excluding hydrogens is 632 g/mol. The average molecular weight is 668 g/mol. The van der Waals surface area contributed by atoms with E-state index in [1.807, 2.05) is 18.2 Å². The molecule has 7 nitrogen and oxygen atoms in total. The number of hydrogen-bond donors (Lipinski definition) is 2. The molecule has 0 saturated carbocycles. The van der Waals surface area contributed by atoms with Crippen LogP contribution in [-0.2, 0) is 23.7 Å². The van der Waals surface area contributed by atoms with Gasteiger partial charge in [0.2, 0.25) is 5.91 Å². The predicted octanol–water partition coefficient (Wildman–Crippen LogP) is 7.48. The first-order chi connectivity index (χ1) is 21.9.